The first-order valence-electron chi connectivity index (χ1n) is 5.84. The lowest BCUT2D eigenvalue weighted by atomic mass is 10.2. The third-order valence-electron chi connectivity index (χ3n) is 2.72. The highest BCUT2D eigenvalue weighted by Crippen LogP contribution is 2.16. The lowest BCUT2D eigenvalue weighted by Crippen LogP contribution is -2.19. The summed E-state index contributed by atoms with van der Waals surface area (Å²) in [6.07, 6.45) is 1.37. The van der Waals surface area contributed by atoms with E-state index in [0.29, 0.717) is 30.6 Å². The third-order valence-corrected chi connectivity index (χ3v) is 2.72. The first-order valence-corrected chi connectivity index (χ1v) is 5.84. The summed E-state index contributed by atoms with van der Waals surface area (Å²) < 4.78 is 11.1. The highest BCUT2D eigenvalue weighted by molar-refractivity contribution is 5.42. The second-order valence-corrected chi connectivity index (χ2v) is 3.94. The van der Waals surface area contributed by atoms with Gasteiger partial charge in [0.25, 0.3) is 0 Å². The van der Waals surface area contributed by atoms with Gasteiger partial charge in [0, 0.05) is 6.54 Å². The Balaban J connectivity index is 1.72. The van der Waals surface area contributed by atoms with E-state index in [2.05, 4.69) is 11.4 Å². The van der Waals surface area contributed by atoms with Gasteiger partial charge in [0.2, 0.25) is 0 Å². The Morgan fingerprint density at radius 1 is 1.35 bits per heavy atom. The molecule has 0 aliphatic carbocycles. The largest absolute Gasteiger partial charge is 0.490 e. The molecule has 0 bridgehead atoms. The highest BCUT2D eigenvalue weighted by atomic mass is 16.5. The van der Waals surface area contributed by atoms with E-state index in [9.17, 15) is 0 Å². The molecule has 1 saturated heterocycles. The van der Waals surface area contributed by atoms with E-state index in [1.807, 2.05) is 12.1 Å². The molecular formula is C13H16N2O2. The molecule has 1 fully saturated rings. The molecule has 0 saturated carbocycles. The van der Waals surface area contributed by atoms with Crippen LogP contribution < -0.4 is 10.1 Å². The Labute approximate surface area is 101 Å². The van der Waals surface area contributed by atoms with Crippen LogP contribution >= 0.6 is 0 Å². The van der Waals surface area contributed by atoms with E-state index >= 15 is 0 Å². The lowest BCUT2D eigenvalue weighted by molar-refractivity contribution is 0.0455. The number of hydrogen-bond acceptors (Lipinski definition) is 4. The summed E-state index contributed by atoms with van der Waals surface area (Å²) in [5.74, 6) is 0.628. The minimum Gasteiger partial charge on any atom is -0.490 e. The van der Waals surface area contributed by atoms with Crippen LogP contribution in [0.4, 0.5) is 0 Å². The molecule has 0 amide bonds. The number of benzene rings is 1. The van der Waals surface area contributed by atoms with Gasteiger partial charge in [-0.1, -0.05) is 12.1 Å². The van der Waals surface area contributed by atoms with Gasteiger partial charge in [-0.15, -0.1) is 0 Å². The number of nitrogens with zero attached hydrogens (tertiary/aromatic N) is 1. The van der Waals surface area contributed by atoms with Crippen molar-refractivity contribution in [1.82, 2.24) is 5.32 Å². The van der Waals surface area contributed by atoms with Gasteiger partial charge in [0.1, 0.15) is 18.4 Å². The number of rotatable bonds is 5. The normalized spacial score (nSPS) is 18.9. The van der Waals surface area contributed by atoms with Crippen LogP contribution in [0.15, 0.2) is 24.3 Å². The average Bonchev–Trinajstić information content (AvgIpc) is 2.88. The van der Waals surface area contributed by atoms with Gasteiger partial charge < -0.3 is 14.8 Å². The molecule has 1 heterocycles. The Kier molecular flexibility index (Phi) is 4.37. The molecule has 0 spiro atoms. The van der Waals surface area contributed by atoms with E-state index in [0.717, 1.165) is 19.5 Å². The molecule has 1 aromatic rings. The summed E-state index contributed by atoms with van der Waals surface area (Å²) in [6, 6.07) is 9.33. The maximum atomic E-state index is 8.88. The van der Waals surface area contributed by atoms with E-state index < -0.39 is 0 Å². The fourth-order valence-corrected chi connectivity index (χ4v) is 1.82. The molecule has 1 aliphatic heterocycles. The first-order chi connectivity index (χ1) is 8.40. The number of hydrogen-bond donors (Lipinski definition) is 1. The van der Waals surface area contributed by atoms with Gasteiger partial charge in [-0.25, -0.2) is 0 Å². The molecule has 1 aliphatic rings. The summed E-state index contributed by atoms with van der Waals surface area (Å²) >= 11 is 0. The van der Waals surface area contributed by atoms with Crippen molar-refractivity contribution in [2.24, 2.45) is 0 Å². The molecule has 90 valence electrons. The van der Waals surface area contributed by atoms with Crippen molar-refractivity contribution in [1.29, 1.82) is 5.26 Å². The lowest BCUT2D eigenvalue weighted by Gasteiger charge is -2.11. The SMILES string of the molecule is N#Cc1ccccc1OCCO[C@@H]1CCNC1. The summed E-state index contributed by atoms with van der Waals surface area (Å²) in [5.41, 5.74) is 0.565. The second-order valence-electron chi connectivity index (χ2n) is 3.94. The van der Waals surface area contributed by atoms with Crippen LogP contribution in [0.2, 0.25) is 0 Å². The minimum atomic E-state index is 0.310. The Morgan fingerprint density at radius 3 is 3.00 bits per heavy atom. The summed E-state index contributed by atoms with van der Waals surface area (Å²) in [4.78, 5) is 0. The molecule has 4 nitrogen and oxygen atoms in total. The van der Waals surface area contributed by atoms with Crippen molar-refractivity contribution in [2.45, 2.75) is 12.5 Å². The summed E-state index contributed by atoms with van der Waals surface area (Å²) in [7, 11) is 0. The van der Waals surface area contributed by atoms with Crippen molar-refractivity contribution in [3.05, 3.63) is 29.8 Å². The smallest absolute Gasteiger partial charge is 0.137 e. The van der Waals surface area contributed by atoms with Gasteiger partial charge in [-0.05, 0) is 25.1 Å². The first kappa shape index (κ1) is 11.9. The van der Waals surface area contributed by atoms with Crippen molar-refractivity contribution in [3.63, 3.8) is 0 Å². The molecule has 0 unspecified atom stereocenters. The quantitative estimate of drug-likeness (QED) is 0.778. The van der Waals surface area contributed by atoms with E-state index in [1.165, 1.54) is 0 Å². The molecule has 1 N–H and O–H groups in total. The summed E-state index contributed by atoms with van der Waals surface area (Å²) in [6.45, 7) is 3.00. The van der Waals surface area contributed by atoms with Gasteiger partial charge in [0.05, 0.1) is 18.3 Å². The Hall–Kier alpha value is -1.57. The molecule has 4 heteroatoms. The van der Waals surface area contributed by atoms with Crippen LogP contribution in [-0.4, -0.2) is 32.4 Å². The van der Waals surface area contributed by atoms with Crippen LogP contribution in [0.25, 0.3) is 0 Å². The van der Waals surface area contributed by atoms with Crippen molar-refractivity contribution in [2.75, 3.05) is 26.3 Å². The predicted molar refractivity (Wildman–Crippen MR) is 63.9 cm³/mol. The predicted octanol–water partition coefficient (Wildman–Crippen LogP) is 1.32. The van der Waals surface area contributed by atoms with Crippen LogP contribution in [0.3, 0.4) is 0 Å². The average molecular weight is 232 g/mol. The van der Waals surface area contributed by atoms with Crippen molar-refractivity contribution >= 4 is 0 Å². The monoisotopic (exact) mass is 232 g/mol. The van der Waals surface area contributed by atoms with Gasteiger partial charge in [-0.2, -0.15) is 5.26 Å². The Bertz CT molecular complexity index is 395. The number of ether oxygens (including phenoxy) is 2. The van der Waals surface area contributed by atoms with E-state index in [-0.39, 0.29) is 0 Å². The zero-order valence-corrected chi connectivity index (χ0v) is 9.69. The third kappa shape index (κ3) is 3.45. The van der Waals surface area contributed by atoms with Gasteiger partial charge in [-0.3, -0.25) is 0 Å². The summed E-state index contributed by atoms with van der Waals surface area (Å²) in [5, 5.41) is 12.1. The van der Waals surface area contributed by atoms with E-state index in [1.54, 1.807) is 12.1 Å². The molecule has 0 radical (unpaired) electrons. The molecule has 17 heavy (non-hydrogen) atoms. The number of nitriles is 1. The molecule has 2 rings (SSSR count). The van der Waals surface area contributed by atoms with Gasteiger partial charge in [0.15, 0.2) is 0 Å². The highest BCUT2D eigenvalue weighted by Gasteiger charge is 2.14. The number of para-hydroxylation sites is 1. The maximum absolute atomic E-state index is 8.88. The van der Waals surface area contributed by atoms with Crippen molar-refractivity contribution < 1.29 is 9.47 Å². The molecule has 1 aromatic carbocycles. The van der Waals surface area contributed by atoms with Crippen LogP contribution in [0.1, 0.15) is 12.0 Å². The Morgan fingerprint density at radius 2 is 2.24 bits per heavy atom. The fraction of sp³-hybridized carbons (Fsp3) is 0.462. The maximum Gasteiger partial charge on any atom is 0.137 e. The zero-order valence-electron chi connectivity index (χ0n) is 9.69. The molecule has 1 atom stereocenters. The van der Waals surface area contributed by atoms with Crippen LogP contribution in [0, 0.1) is 11.3 Å². The zero-order chi connectivity index (χ0) is 11.9. The topological polar surface area (TPSA) is 54.3 Å². The molecule has 0 aromatic heterocycles. The minimum absolute atomic E-state index is 0.310. The fourth-order valence-electron chi connectivity index (χ4n) is 1.82. The number of nitrogens with one attached hydrogen (secondary N) is 1. The van der Waals surface area contributed by atoms with Gasteiger partial charge >= 0.3 is 0 Å². The van der Waals surface area contributed by atoms with E-state index in [4.69, 9.17) is 14.7 Å². The van der Waals surface area contributed by atoms with Crippen molar-refractivity contribution in [3.8, 4) is 11.8 Å². The van der Waals surface area contributed by atoms with Crippen LogP contribution in [-0.2, 0) is 4.74 Å². The van der Waals surface area contributed by atoms with Crippen LogP contribution in [0.5, 0.6) is 5.75 Å². The standard InChI is InChI=1S/C13H16N2O2/c14-9-11-3-1-2-4-13(11)17-8-7-16-12-5-6-15-10-12/h1-4,12,15H,5-8,10H2/t12-/m1/s1. The molecular weight excluding hydrogens is 216 g/mol. The second kappa shape index (κ2) is 6.24.